The Hall–Kier alpha value is -5.33. The number of amidine groups is 2. The lowest BCUT2D eigenvalue weighted by Gasteiger charge is -2.14. The zero-order valence-electron chi connectivity index (χ0n) is 20.7. The van der Waals surface area contributed by atoms with Crippen LogP contribution >= 0.6 is 0 Å². The Morgan fingerprint density at radius 1 is 0.925 bits per heavy atom. The monoisotopic (exact) mass is 552 g/mol. The van der Waals surface area contributed by atoms with Crippen LogP contribution in [0.5, 0.6) is 5.75 Å². The maximum atomic E-state index is 13.4. The van der Waals surface area contributed by atoms with Gasteiger partial charge in [0.1, 0.15) is 24.0 Å². The van der Waals surface area contributed by atoms with Gasteiger partial charge in [0.25, 0.3) is 0 Å². The normalized spacial score (nSPS) is 11.3. The number of anilines is 1. The van der Waals surface area contributed by atoms with E-state index in [2.05, 4.69) is 0 Å². The van der Waals surface area contributed by atoms with E-state index in [1.807, 2.05) is 0 Å². The number of nitrogen functional groups attached to an aromatic ring is 2. The van der Waals surface area contributed by atoms with Gasteiger partial charge in [0, 0.05) is 17.7 Å². The van der Waals surface area contributed by atoms with Crippen LogP contribution in [-0.4, -0.2) is 39.4 Å². The number of hydrogen-bond acceptors (Lipinski definition) is 6. The van der Waals surface area contributed by atoms with E-state index in [-0.39, 0.29) is 35.7 Å². The lowest BCUT2D eigenvalue weighted by atomic mass is 10.1. The third-order valence-electron chi connectivity index (χ3n) is 5.97. The Morgan fingerprint density at radius 3 is 2.20 bits per heavy atom. The summed E-state index contributed by atoms with van der Waals surface area (Å²) in [6.45, 7) is -0.405. The molecular weight excluding hydrogens is 529 g/mol. The highest BCUT2D eigenvalue weighted by molar-refractivity contribution is 6.14. The summed E-state index contributed by atoms with van der Waals surface area (Å²) in [5.74, 6) is -4.27. The fraction of sp³-hybridized carbons (Fsp3) is 0.111. The van der Waals surface area contributed by atoms with Gasteiger partial charge in [-0.2, -0.15) is 13.2 Å². The van der Waals surface area contributed by atoms with Crippen LogP contribution < -0.4 is 16.8 Å². The minimum absolute atomic E-state index is 0.110. The number of esters is 1. The molecule has 8 N–H and O–H groups in total. The fourth-order valence-corrected chi connectivity index (χ4v) is 4.08. The molecule has 0 aliphatic heterocycles. The third kappa shape index (κ3) is 5.72. The zero-order chi connectivity index (χ0) is 29.2. The maximum Gasteiger partial charge on any atom is 0.471 e. The second-order valence-electron chi connectivity index (χ2n) is 8.73. The Labute approximate surface area is 225 Å². The van der Waals surface area contributed by atoms with Gasteiger partial charge in [-0.1, -0.05) is 48.5 Å². The zero-order valence-corrected chi connectivity index (χ0v) is 20.7. The molecule has 0 saturated carbocycles. The SMILES string of the molecule is N=C(N)c1ccc(COC(=O)c2c(NC(=O)C(F)(F)F)c3c(O)cccc3n2Cc2cccc(C(=N)N)c2)cc1. The molecule has 0 saturated heterocycles. The van der Waals surface area contributed by atoms with Gasteiger partial charge in [-0.05, 0) is 29.3 Å². The lowest BCUT2D eigenvalue weighted by molar-refractivity contribution is -0.167. The second-order valence-corrected chi connectivity index (χ2v) is 8.73. The number of aromatic hydroxyl groups is 1. The number of fused-ring (bicyclic) bond motifs is 1. The largest absolute Gasteiger partial charge is 0.507 e. The van der Waals surface area contributed by atoms with Gasteiger partial charge < -0.3 is 31.2 Å². The van der Waals surface area contributed by atoms with Gasteiger partial charge in [0.2, 0.25) is 0 Å². The van der Waals surface area contributed by atoms with Crippen molar-refractivity contribution < 1.29 is 32.6 Å². The van der Waals surface area contributed by atoms with Crippen LogP contribution in [0.1, 0.15) is 32.7 Å². The Morgan fingerprint density at radius 2 is 1.57 bits per heavy atom. The molecule has 40 heavy (non-hydrogen) atoms. The van der Waals surface area contributed by atoms with Crippen LogP contribution in [0.3, 0.4) is 0 Å². The number of amides is 1. The third-order valence-corrected chi connectivity index (χ3v) is 5.97. The molecule has 0 bridgehead atoms. The number of alkyl halides is 3. The number of halogens is 3. The highest BCUT2D eigenvalue weighted by Gasteiger charge is 2.40. The minimum atomic E-state index is -5.28. The molecule has 0 radical (unpaired) electrons. The first kappa shape index (κ1) is 27.7. The molecule has 0 aliphatic rings. The molecular formula is C27H23F3N6O4. The van der Waals surface area contributed by atoms with Gasteiger partial charge >= 0.3 is 18.1 Å². The lowest BCUT2D eigenvalue weighted by Crippen LogP contribution is -2.30. The average molecular weight is 553 g/mol. The molecule has 4 rings (SSSR count). The number of carbonyl (C=O) groups excluding carboxylic acids is 2. The van der Waals surface area contributed by atoms with E-state index in [0.29, 0.717) is 22.3 Å². The number of rotatable bonds is 8. The molecule has 13 heteroatoms. The first-order chi connectivity index (χ1) is 18.9. The van der Waals surface area contributed by atoms with E-state index < -0.39 is 35.2 Å². The quantitative estimate of drug-likeness (QED) is 0.110. The predicted molar refractivity (Wildman–Crippen MR) is 141 cm³/mol. The van der Waals surface area contributed by atoms with E-state index in [1.54, 1.807) is 41.7 Å². The average Bonchev–Trinajstić information content (AvgIpc) is 3.21. The number of ether oxygens (including phenoxy) is 1. The predicted octanol–water partition coefficient (Wildman–Crippen LogP) is 3.82. The topological polar surface area (TPSA) is 180 Å². The first-order valence-electron chi connectivity index (χ1n) is 11.6. The molecule has 4 aromatic rings. The van der Waals surface area contributed by atoms with Crippen molar-refractivity contribution >= 4 is 40.1 Å². The van der Waals surface area contributed by atoms with Crippen LogP contribution in [0.15, 0.2) is 66.7 Å². The summed E-state index contributed by atoms with van der Waals surface area (Å²) < 4.78 is 46.5. The number of nitrogens with one attached hydrogen (secondary N) is 3. The number of carbonyl (C=O) groups is 2. The van der Waals surface area contributed by atoms with E-state index in [0.717, 1.165) is 0 Å². The number of nitrogens with two attached hydrogens (primary N) is 2. The summed E-state index contributed by atoms with van der Waals surface area (Å²) in [6.07, 6.45) is -5.28. The van der Waals surface area contributed by atoms with Gasteiger partial charge in [-0.3, -0.25) is 15.6 Å². The number of aromatic nitrogens is 1. The van der Waals surface area contributed by atoms with Crippen molar-refractivity contribution in [3.8, 4) is 5.75 Å². The van der Waals surface area contributed by atoms with Crippen LogP contribution in [-0.2, 0) is 22.7 Å². The summed E-state index contributed by atoms with van der Waals surface area (Å²) in [7, 11) is 0. The Kier molecular flexibility index (Phi) is 7.48. The van der Waals surface area contributed by atoms with Crippen LogP contribution in [0.4, 0.5) is 18.9 Å². The molecule has 0 spiro atoms. The number of benzene rings is 3. The minimum Gasteiger partial charge on any atom is -0.507 e. The Bertz CT molecular complexity index is 1640. The molecule has 0 fully saturated rings. The van der Waals surface area contributed by atoms with Crippen molar-refractivity contribution in [1.29, 1.82) is 10.8 Å². The second kappa shape index (κ2) is 10.8. The fourth-order valence-electron chi connectivity index (χ4n) is 4.08. The summed E-state index contributed by atoms with van der Waals surface area (Å²) in [5.41, 5.74) is 12.0. The van der Waals surface area contributed by atoms with Crippen LogP contribution in [0.2, 0.25) is 0 Å². The molecule has 1 heterocycles. The summed E-state index contributed by atoms with van der Waals surface area (Å²) in [4.78, 5) is 25.4. The van der Waals surface area contributed by atoms with Crippen molar-refractivity contribution in [1.82, 2.24) is 4.57 Å². The van der Waals surface area contributed by atoms with Crippen molar-refractivity contribution in [3.05, 3.63) is 94.7 Å². The molecule has 1 aromatic heterocycles. The van der Waals surface area contributed by atoms with E-state index in [1.165, 1.54) is 34.9 Å². The number of hydrogen-bond donors (Lipinski definition) is 6. The number of phenols is 1. The smallest absolute Gasteiger partial charge is 0.471 e. The maximum absolute atomic E-state index is 13.4. The van der Waals surface area contributed by atoms with Gasteiger partial charge in [0.05, 0.1) is 16.6 Å². The van der Waals surface area contributed by atoms with Crippen molar-refractivity contribution in [3.63, 3.8) is 0 Å². The summed E-state index contributed by atoms with van der Waals surface area (Å²) in [6, 6.07) is 16.7. The number of nitrogens with zero attached hydrogens (tertiary/aromatic N) is 1. The summed E-state index contributed by atoms with van der Waals surface area (Å²) in [5, 5.41) is 27.3. The highest BCUT2D eigenvalue weighted by Crippen LogP contribution is 2.39. The molecule has 10 nitrogen and oxygen atoms in total. The van der Waals surface area contributed by atoms with E-state index >= 15 is 0 Å². The molecule has 3 aromatic carbocycles. The first-order valence-corrected chi connectivity index (χ1v) is 11.6. The van der Waals surface area contributed by atoms with E-state index in [9.17, 15) is 27.9 Å². The Balaban J connectivity index is 1.82. The molecule has 206 valence electrons. The van der Waals surface area contributed by atoms with E-state index in [4.69, 9.17) is 27.0 Å². The highest BCUT2D eigenvalue weighted by atomic mass is 19.4. The molecule has 1 amide bonds. The number of phenolic OH excluding ortho intramolecular Hbond substituents is 1. The summed E-state index contributed by atoms with van der Waals surface area (Å²) >= 11 is 0. The van der Waals surface area contributed by atoms with Crippen molar-refractivity contribution in [2.45, 2.75) is 19.3 Å². The van der Waals surface area contributed by atoms with Gasteiger partial charge in [-0.15, -0.1) is 0 Å². The van der Waals surface area contributed by atoms with Crippen LogP contribution in [0.25, 0.3) is 10.9 Å². The van der Waals surface area contributed by atoms with Gasteiger partial charge in [0.15, 0.2) is 5.69 Å². The van der Waals surface area contributed by atoms with Crippen molar-refractivity contribution in [2.75, 3.05) is 5.32 Å². The molecule has 0 aliphatic carbocycles. The van der Waals surface area contributed by atoms with Crippen molar-refractivity contribution in [2.24, 2.45) is 11.5 Å². The van der Waals surface area contributed by atoms with Gasteiger partial charge in [-0.25, -0.2) is 4.79 Å². The molecule has 0 atom stereocenters. The standard InChI is InChI=1S/C27H23F3N6O4/c28-27(29,30)26(39)35-21-20-18(5-2-6-19(20)37)36(12-15-3-1-4-17(11-15)24(33)34)22(21)25(38)40-13-14-7-9-16(10-8-14)23(31)32/h1-11,37H,12-13H2,(H3,31,32)(H3,33,34)(H,35,39). The van der Waals surface area contributed by atoms with Crippen LogP contribution in [0, 0.1) is 10.8 Å². The molecule has 0 unspecified atom stereocenters.